The number of aromatic nitrogens is 2. The van der Waals surface area contributed by atoms with Gasteiger partial charge in [-0.15, -0.1) is 0 Å². The molecular formula is C27H30N6O5. The second kappa shape index (κ2) is 11.4. The second-order valence-electron chi connectivity index (χ2n) is 9.38. The van der Waals surface area contributed by atoms with Crippen molar-refractivity contribution < 1.29 is 24.2 Å². The molecule has 3 N–H and O–H groups in total. The van der Waals surface area contributed by atoms with Gasteiger partial charge in [0, 0.05) is 23.9 Å². The smallest absolute Gasteiger partial charge is 0.366 e. The summed E-state index contributed by atoms with van der Waals surface area (Å²) in [6, 6.07) is 14.0. The molecule has 0 spiro atoms. The van der Waals surface area contributed by atoms with Crippen molar-refractivity contribution in [2.75, 3.05) is 47.8 Å². The van der Waals surface area contributed by atoms with Gasteiger partial charge in [0.2, 0.25) is 5.91 Å². The lowest BCUT2D eigenvalue weighted by molar-refractivity contribution is -0.149. The molecule has 11 heteroatoms. The Balaban J connectivity index is 1.74. The molecule has 1 aromatic heterocycles. The van der Waals surface area contributed by atoms with E-state index in [1.54, 1.807) is 61.5 Å². The van der Waals surface area contributed by atoms with Gasteiger partial charge >= 0.3 is 5.97 Å². The number of rotatable bonds is 10. The first-order valence-electron chi connectivity index (χ1n) is 12.0. The molecule has 0 aliphatic carbocycles. The maximum Gasteiger partial charge on any atom is 0.366 e. The van der Waals surface area contributed by atoms with Gasteiger partial charge in [-0.25, -0.2) is 14.8 Å². The van der Waals surface area contributed by atoms with Crippen molar-refractivity contribution in [1.82, 2.24) is 30.4 Å². The standard InChI is InChI=1S/C27H30N6O5/c1-32(2)14-13-28-25(35)18-8-5-9-19-24(18)31-23-17-7-6-10-21(16(17)11-12-20(23)29-19)38-26(27(36)37)30-22(34)15-33(3)4/h5-12,26H,13-15H2,1-4H3,(H,28,35)(H,30,34)(H,36,37). The van der Waals surface area contributed by atoms with Gasteiger partial charge in [-0.05, 0) is 58.5 Å². The molecule has 0 aliphatic heterocycles. The number of nitrogens with one attached hydrogen (secondary N) is 2. The van der Waals surface area contributed by atoms with E-state index in [-0.39, 0.29) is 18.2 Å². The fourth-order valence-corrected chi connectivity index (χ4v) is 4.01. The highest BCUT2D eigenvalue weighted by molar-refractivity contribution is 6.11. The SMILES string of the molecule is CN(C)CCNC(=O)c1cccc2nc3ccc4c(OC(NC(=O)CN(C)C)C(=O)O)cccc4c3nc12. The van der Waals surface area contributed by atoms with E-state index in [1.807, 2.05) is 25.1 Å². The van der Waals surface area contributed by atoms with Crippen LogP contribution in [0.3, 0.4) is 0 Å². The van der Waals surface area contributed by atoms with Crippen molar-refractivity contribution in [3.8, 4) is 5.75 Å². The lowest BCUT2D eigenvalue weighted by Crippen LogP contribution is -2.47. The third kappa shape index (κ3) is 5.96. The minimum Gasteiger partial charge on any atom is -0.477 e. The molecule has 4 rings (SSSR count). The molecule has 0 fully saturated rings. The Morgan fingerprint density at radius 2 is 1.63 bits per heavy atom. The van der Waals surface area contributed by atoms with Gasteiger partial charge in [-0.3, -0.25) is 9.59 Å². The average Bonchev–Trinajstić information content (AvgIpc) is 2.86. The molecular weight excluding hydrogens is 488 g/mol. The Labute approximate surface area is 219 Å². The van der Waals surface area contributed by atoms with E-state index in [0.29, 0.717) is 51.5 Å². The van der Waals surface area contributed by atoms with E-state index in [9.17, 15) is 19.5 Å². The fraction of sp³-hybridized carbons (Fsp3) is 0.296. The van der Waals surface area contributed by atoms with E-state index in [0.717, 1.165) is 0 Å². The third-order valence-corrected chi connectivity index (χ3v) is 5.76. The van der Waals surface area contributed by atoms with E-state index in [2.05, 4.69) is 10.6 Å². The summed E-state index contributed by atoms with van der Waals surface area (Å²) in [4.78, 5) is 50.0. The van der Waals surface area contributed by atoms with Crippen LogP contribution in [0.15, 0.2) is 48.5 Å². The van der Waals surface area contributed by atoms with Crippen LogP contribution >= 0.6 is 0 Å². The molecule has 1 unspecified atom stereocenters. The van der Waals surface area contributed by atoms with Gasteiger partial charge in [0.15, 0.2) is 0 Å². The van der Waals surface area contributed by atoms with Gasteiger partial charge in [0.1, 0.15) is 11.3 Å². The molecule has 1 heterocycles. The van der Waals surface area contributed by atoms with Gasteiger partial charge in [0.25, 0.3) is 12.1 Å². The third-order valence-electron chi connectivity index (χ3n) is 5.76. The molecule has 0 bridgehead atoms. The van der Waals surface area contributed by atoms with Crippen molar-refractivity contribution in [2.24, 2.45) is 0 Å². The Morgan fingerprint density at radius 1 is 0.895 bits per heavy atom. The number of para-hydroxylation sites is 1. The number of hydrogen-bond donors (Lipinski definition) is 3. The van der Waals surface area contributed by atoms with E-state index in [1.165, 1.54) is 0 Å². The minimum absolute atomic E-state index is 0.0149. The molecule has 0 aliphatic rings. The summed E-state index contributed by atoms with van der Waals surface area (Å²) < 4.78 is 5.74. The van der Waals surface area contributed by atoms with E-state index < -0.39 is 18.1 Å². The monoisotopic (exact) mass is 518 g/mol. The number of carbonyl (C=O) groups excluding carboxylic acids is 2. The number of benzene rings is 3. The molecule has 0 saturated carbocycles. The first-order chi connectivity index (χ1) is 18.1. The lowest BCUT2D eigenvalue weighted by atomic mass is 10.1. The number of aliphatic carboxylic acids is 1. The van der Waals surface area contributed by atoms with Crippen LogP contribution in [0, 0.1) is 0 Å². The molecule has 0 radical (unpaired) electrons. The summed E-state index contributed by atoms with van der Waals surface area (Å²) in [6.07, 6.45) is -1.58. The van der Waals surface area contributed by atoms with Crippen LogP contribution in [-0.2, 0) is 9.59 Å². The van der Waals surface area contributed by atoms with E-state index in [4.69, 9.17) is 14.7 Å². The van der Waals surface area contributed by atoms with Crippen LogP contribution < -0.4 is 15.4 Å². The summed E-state index contributed by atoms with van der Waals surface area (Å²) in [5, 5.41) is 16.2. The Hall–Kier alpha value is -4.35. The predicted molar refractivity (Wildman–Crippen MR) is 144 cm³/mol. The maximum absolute atomic E-state index is 12.9. The van der Waals surface area contributed by atoms with Gasteiger partial charge in [0.05, 0.1) is 28.7 Å². The van der Waals surface area contributed by atoms with E-state index >= 15 is 0 Å². The van der Waals surface area contributed by atoms with Crippen LogP contribution in [-0.4, -0.2) is 96.7 Å². The fourth-order valence-electron chi connectivity index (χ4n) is 4.01. The maximum atomic E-state index is 12.9. The normalized spacial score (nSPS) is 12.3. The zero-order chi connectivity index (χ0) is 27.4. The van der Waals surface area contributed by atoms with Crippen molar-refractivity contribution in [2.45, 2.75) is 6.23 Å². The number of fused-ring (bicyclic) bond motifs is 4. The molecule has 2 amide bonds. The predicted octanol–water partition coefficient (Wildman–Crippen LogP) is 1.69. The first-order valence-corrected chi connectivity index (χ1v) is 12.0. The van der Waals surface area contributed by atoms with Crippen molar-refractivity contribution in [1.29, 1.82) is 0 Å². The van der Waals surface area contributed by atoms with Crippen molar-refractivity contribution in [3.63, 3.8) is 0 Å². The molecule has 1 atom stereocenters. The summed E-state index contributed by atoms with van der Waals surface area (Å²) in [5.41, 5.74) is 2.60. The Kier molecular flexibility index (Phi) is 7.99. The number of carbonyl (C=O) groups is 3. The summed E-state index contributed by atoms with van der Waals surface area (Å²) in [5.74, 6) is -1.79. The average molecular weight is 519 g/mol. The zero-order valence-electron chi connectivity index (χ0n) is 21.7. The number of hydrogen-bond acceptors (Lipinski definition) is 8. The number of nitrogens with zero attached hydrogens (tertiary/aromatic N) is 4. The summed E-state index contributed by atoms with van der Waals surface area (Å²) >= 11 is 0. The molecule has 4 aromatic rings. The molecule has 0 saturated heterocycles. The minimum atomic E-state index is -1.58. The number of ether oxygens (including phenoxy) is 1. The highest BCUT2D eigenvalue weighted by Crippen LogP contribution is 2.32. The quantitative estimate of drug-likeness (QED) is 0.163. The van der Waals surface area contributed by atoms with Crippen LogP contribution in [0.2, 0.25) is 0 Å². The highest BCUT2D eigenvalue weighted by Gasteiger charge is 2.23. The second-order valence-corrected chi connectivity index (χ2v) is 9.38. The zero-order valence-corrected chi connectivity index (χ0v) is 21.7. The first kappa shape index (κ1) is 26.7. The molecule has 198 valence electrons. The molecule has 11 nitrogen and oxygen atoms in total. The number of amides is 2. The summed E-state index contributed by atoms with van der Waals surface area (Å²) in [7, 11) is 7.27. The number of carboxylic acids is 1. The number of likely N-dealkylation sites (N-methyl/N-ethyl adjacent to an activating group) is 2. The van der Waals surface area contributed by atoms with Crippen LogP contribution in [0.4, 0.5) is 0 Å². The van der Waals surface area contributed by atoms with Crippen molar-refractivity contribution in [3.05, 3.63) is 54.1 Å². The van der Waals surface area contributed by atoms with Crippen LogP contribution in [0.5, 0.6) is 5.75 Å². The van der Waals surface area contributed by atoms with Gasteiger partial charge < -0.3 is 30.3 Å². The van der Waals surface area contributed by atoms with Gasteiger partial charge in [-0.1, -0.05) is 18.2 Å². The van der Waals surface area contributed by atoms with Gasteiger partial charge in [-0.2, -0.15) is 0 Å². The van der Waals surface area contributed by atoms with Crippen molar-refractivity contribution >= 4 is 50.6 Å². The largest absolute Gasteiger partial charge is 0.477 e. The topological polar surface area (TPSA) is 137 Å². The summed E-state index contributed by atoms with van der Waals surface area (Å²) in [6.45, 7) is 1.20. The molecule has 38 heavy (non-hydrogen) atoms. The Bertz CT molecular complexity index is 1520. The van der Waals surface area contributed by atoms with Crippen LogP contribution in [0.1, 0.15) is 10.4 Å². The molecule has 3 aromatic carbocycles. The lowest BCUT2D eigenvalue weighted by Gasteiger charge is -2.19. The highest BCUT2D eigenvalue weighted by atomic mass is 16.5. The number of carboxylic acid groups (broad SMARTS) is 1. The Morgan fingerprint density at radius 3 is 2.34 bits per heavy atom. The van der Waals surface area contributed by atoms with Crippen LogP contribution in [0.25, 0.3) is 32.8 Å².